The fourth-order valence-corrected chi connectivity index (χ4v) is 3.92. The Balaban J connectivity index is 1.31. The zero-order chi connectivity index (χ0) is 17.6. The molecule has 2 saturated carbocycles. The first kappa shape index (κ1) is 16.8. The minimum atomic E-state index is -4.42. The number of rotatable bonds is 3. The monoisotopic (exact) mass is 353 g/mol. The molecule has 0 spiro atoms. The summed E-state index contributed by atoms with van der Waals surface area (Å²) in [5.74, 6) is 0.0823. The van der Waals surface area contributed by atoms with E-state index < -0.39 is 11.9 Å². The quantitative estimate of drug-likeness (QED) is 0.838. The number of pyridine rings is 1. The van der Waals surface area contributed by atoms with Crippen LogP contribution in [0, 0.1) is 5.92 Å². The van der Waals surface area contributed by atoms with E-state index >= 15 is 0 Å². The van der Waals surface area contributed by atoms with Crippen molar-refractivity contribution in [2.75, 3.05) is 26.2 Å². The molecular formula is C18H22F3N3O. The number of hydrogen-bond acceptors (Lipinski definition) is 3. The van der Waals surface area contributed by atoms with Gasteiger partial charge in [0, 0.05) is 44.3 Å². The second-order valence-electron chi connectivity index (χ2n) is 7.37. The van der Waals surface area contributed by atoms with Gasteiger partial charge in [-0.05, 0) is 36.8 Å². The zero-order valence-corrected chi connectivity index (χ0v) is 14.0. The van der Waals surface area contributed by atoms with Crippen molar-refractivity contribution in [1.29, 1.82) is 0 Å². The van der Waals surface area contributed by atoms with Crippen LogP contribution >= 0.6 is 0 Å². The smallest absolute Gasteiger partial charge is 0.340 e. The summed E-state index contributed by atoms with van der Waals surface area (Å²) in [6.45, 7) is 3.42. The zero-order valence-electron chi connectivity index (χ0n) is 14.0. The Kier molecular flexibility index (Phi) is 4.22. The lowest BCUT2D eigenvalue weighted by atomic mass is 9.91. The first-order valence-electron chi connectivity index (χ1n) is 8.99. The molecule has 2 heterocycles. The molecule has 0 bridgehead atoms. The number of aromatic nitrogens is 1. The third kappa shape index (κ3) is 3.38. The molecule has 4 nitrogen and oxygen atoms in total. The molecule has 3 aliphatic rings. The fraction of sp³-hybridized carbons (Fsp3) is 0.667. The fourth-order valence-electron chi connectivity index (χ4n) is 3.92. The molecule has 0 N–H and O–H groups in total. The first-order valence-corrected chi connectivity index (χ1v) is 8.99. The van der Waals surface area contributed by atoms with Gasteiger partial charge in [0.05, 0.1) is 0 Å². The Morgan fingerprint density at radius 2 is 1.84 bits per heavy atom. The van der Waals surface area contributed by atoms with Crippen LogP contribution in [0.15, 0.2) is 18.3 Å². The van der Waals surface area contributed by atoms with Gasteiger partial charge >= 0.3 is 6.18 Å². The van der Waals surface area contributed by atoms with E-state index in [1.165, 1.54) is 31.5 Å². The van der Waals surface area contributed by atoms with E-state index in [0.29, 0.717) is 12.5 Å². The van der Waals surface area contributed by atoms with Crippen molar-refractivity contribution in [3.63, 3.8) is 0 Å². The molecule has 3 fully saturated rings. The molecule has 7 heteroatoms. The second-order valence-corrected chi connectivity index (χ2v) is 7.37. The van der Waals surface area contributed by atoms with Gasteiger partial charge < -0.3 is 4.90 Å². The van der Waals surface area contributed by atoms with E-state index in [2.05, 4.69) is 9.88 Å². The summed E-state index contributed by atoms with van der Waals surface area (Å²) in [6, 6.07) is 3.18. The number of nitrogens with zero attached hydrogens (tertiary/aromatic N) is 3. The molecule has 136 valence electrons. The molecular weight excluding hydrogens is 331 g/mol. The van der Waals surface area contributed by atoms with Gasteiger partial charge in [0.2, 0.25) is 5.91 Å². The molecule has 0 radical (unpaired) electrons. The summed E-state index contributed by atoms with van der Waals surface area (Å²) in [5.41, 5.74) is -0.147. The van der Waals surface area contributed by atoms with Crippen molar-refractivity contribution in [3.8, 4) is 0 Å². The molecule has 1 saturated heterocycles. The topological polar surface area (TPSA) is 36.4 Å². The van der Waals surface area contributed by atoms with Crippen LogP contribution in [0.1, 0.15) is 42.9 Å². The van der Waals surface area contributed by atoms with Gasteiger partial charge in [-0.25, -0.2) is 0 Å². The molecule has 1 aliphatic heterocycles. The van der Waals surface area contributed by atoms with Crippen LogP contribution in [0.25, 0.3) is 0 Å². The number of hydrogen-bond donors (Lipinski definition) is 0. The number of piperazine rings is 1. The summed E-state index contributed by atoms with van der Waals surface area (Å²) >= 11 is 0. The average Bonchev–Trinajstić information content (AvgIpc) is 3.33. The van der Waals surface area contributed by atoms with Gasteiger partial charge in [-0.3, -0.25) is 14.7 Å². The van der Waals surface area contributed by atoms with Gasteiger partial charge in [-0.2, -0.15) is 13.2 Å². The van der Waals surface area contributed by atoms with Crippen LogP contribution in [-0.4, -0.2) is 52.9 Å². The lowest BCUT2D eigenvalue weighted by Gasteiger charge is -2.43. The Morgan fingerprint density at radius 3 is 2.36 bits per heavy atom. The van der Waals surface area contributed by atoms with Gasteiger partial charge in [0.25, 0.3) is 0 Å². The van der Waals surface area contributed by atoms with Gasteiger partial charge in [-0.15, -0.1) is 0 Å². The van der Waals surface area contributed by atoms with Crippen LogP contribution in [0.4, 0.5) is 13.2 Å². The summed E-state index contributed by atoms with van der Waals surface area (Å²) in [5, 5.41) is 0. The number of amides is 1. The van der Waals surface area contributed by atoms with Crippen LogP contribution in [0.2, 0.25) is 0 Å². The van der Waals surface area contributed by atoms with Crippen molar-refractivity contribution in [2.24, 2.45) is 5.92 Å². The highest BCUT2D eigenvalue weighted by molar-refractivity contribution is 5.83. The molecule has 2 atom stereocenters. The predicted octanol–water partition coefficient (Wildman–Crippen LogP) is 2.90. The molecule has 1 amide bonds. The third-order valence-electron chi connectivity index (χ3n) is 5.83. The normalized spacial score (nSPS) is 27.9. The SMILES string of the molecule is O=C([C@@H]1C[C@H]1c1ccc(C(F)(F)F)nc1)N1CCN(C2CCC2)CC1. The Labute approximate surface area is 145 Å². The molecule has 2 aliphatic carbocycles. The second kappa shape index (κ2) is 6.27. The maximum absolute atomic E-state index is 12.6. The minimum absolute atomic E-state index is 0.0203. The Bertz CT molecular complexity index is 634. The van der Waals surface area contributed by atoms with Gasteiger partial charge in [0.1, 0.15) is 5.69 Å². The molecule has 1 aromatic rings. The van der Waals surface area contributed by atoms with Gasteiger partial charge in [-0.1, -0.05) is 12.5 Å². The van der Waals surface area contributed by atoms with Crippen molar-refractivity contribution in [2.45, 2.75) is 43.8 Å². The maximum Gasteiger partial charge on any atom is 0.433 e. The molecule has 25 heavy (non-hydrogen) atoms. The lowest BCUT2D eigenvalue weighted by molar-refractivity contribution is -0.141. The van der Waals surface area contributed by atoms with Crippen LogP contribution in [0.3, 0.4) is 0 Å². The standard InChI is InChI=1S/C18H22F3N3O/c19-18(20,21)16-5-4-12(11-22-16)14-10-15(14)17(25)24-8-6-23(7-9-24)13-2-1-3-13/h4-5,11,13-15H,1-3,6-10H2/t14-,15+/m0/s1. The van der Waals surface area contributed by atoms with E-state index in [9.17, 15) is 18.0 Å². The summed E-state index contributed by atoms with van der Waals surface area (Å²) in [7, 11) is 0. The lowest BCUT2D eigenvalue weighted by Crippen LogP contribution is -2.53. The van der Waals surface area contributed by atoms with E-state index in [1.807, 2.05) is 4.90 Å². The Hall–Kier alpha value is -1.63. The molecule has 0 unspecified atom stereocenters. The molecule has 1 aromatic heterocycles. The van der Waals surface area contributed by atoms with Crippen molar-refractivity contribution in [1.82, 2.24) is 14.8 Å². The number of alkyl halides is 3. The van der Waals surface area contributed by atoms with E-state index in [1.54, 1.807) is 0 Å². The highest BCUT2D eigenvalue weighted by Crippen LogP contribution is 2.48. The van der Waals surface area contributed by atoms with Crippen molar-refractivity contribution < 1.29 is 18.0 Å². The summed E-state index contributed by atoms with van der Waals surface area (Å²) in [6.07, 6.45) is 1.44. The first-order chi connectivity index (χ1) is 11.9. The van der Waals surface area contributed by atoms with Crippen molar-refractivity contribution >= 4 is 5.91 Å². The Morgan fingerprint density at radius 1 is 1.12 bits per heavy atom. The van der Waals surface area contributed by atoms with Crippen molar-refractivity contribution in [3.05, 3.63) is 29.6 Å². The van der Waals surface area contributed by atoms with Crippen LogP contribution in [-0.2, 0) is 11.0 Å². The third-order valence-corrected chi connectivity index (χ3v) is 5.83. The molecule has 4 rings (SSSR count). The summed E-state index contributed by atoms with van der Waals surface area (Å²) in [4.78, 5) is 20.6. The average molecular weight is 353 g/mol. The van der Waals surface area contributed by atoms with Crippen LogP contribution < -0.4 is 0 Å². The highest BCUT2D eigenvalue weighted by Gasteiger charge is 2.46. The largest absolute Gasteiger partial charge is 0.433 e. The summed E-state index contributed by atoms with van der Waals surface area (Å²) < 4.78 is 37.7. The van der Waals surface area contributed by atoms with Crippen LogP contribution in [0.5, 0.6) is 0 Å². The number of carbonyl (C=O) groups excluding carboxylic acids is 1. The maximum atomic E-state index is 12.6. The number of carbonyl (C=O) groups is 1. The number of halogens is 3. The highest BCUT2D eigenvalue weighted by atomic mass is 19.4. The van der Waals surface area contributed by atoms with Gasteiger partial charge in [0.15, 0.2) is 0 Å². The van der Waals surface area contributed by atoms with E-state index in [-0.39, 0.29) is 17.7 Å². The van der Waals surface area contributed by atoms with E-state index in [4.69, 9.17) is 0 Å². The predicted molar refractivity (Wildman–Crippen MR) is 85.9 cm³/mol. The van der Waals surface area contributed by atoms with E-state index in [0.717, 1.165) is 37.8 Å². The minimum Gasteiger partial charge on any atom is -0.340 e. The molecule has 0 aromatic carbocycles.